The van der Waals surface area contributed by atoms with E-state index in [1.807, 2.05) is 56.3 Å². The lowest BCUT2D eigenvalue weighted by atomic mass is 10.1. The SMILES string of the molecule is CC(C)COC(=O)c1ccc(OC(=O)COc2ccc(-c3ccccc3)cc2Br)cc1. The van der Waals surface area contributed by atoms with Gasteiger partial charge < -0.3 is 14.2 Å². The monoisotopic (exact) mass is 482 g/mol. The first-order chi connectivity index (χ1) is 14.9. The molecule has 0 atom stereocenters. The second kappa shape index (κ2) is 10.8. The van der Waals surface area contributed by atoms with Gasteiger partial charge in [-0.3, -0.25) is 0 Å². The first-order valence-corrected chi connectivity index (χ1v) is 10.7. The molecule has 0 aliphatic heterocycles. The quantitative estimate of drug-likeness (QED) is 0.294. The molecule has 5 nitrogen and oxygen atoms in total. The highest BCUT2D eigenvalue weighted by molar-refractivity contribution is 9.10. The van der Waals surface area contributed by atoms with Gasteiger partial charge in [-0.05, 0) is 69.4 Å². The number of rotatable bonds is 8. The summed E-state index contributed by atoms with van der Waals surface area (Å²) in [7, 11) is 0. The summed E-state index contributed by atoms with van der Waals surface area (Å²) in [6, 6.07) is 21.9. The van der Waals surface area contributed by atoms with Gasteiger partial charge in [0.15, 0.2) is 6.61 Å². The van der Waals surface area contributed by atoms with Gasteiger partial charge in [0.1, 0.15) is 11.5 Å². The van der Waals surface area contributed by atoms with Crippen LogP contribution in [-0.4, -0.2) is 25.2 Å². The molecule has 0 saturated heterocycles. The highest BCUT2D eigenvalue weighted by Gasteiger charge is 2.12. The van der Waals surface area contributed by atoms with Crippen LogP contribution >= 0.6 is 15.9 Å². The molecule has 0 fully saturated rings. The Kier molecular flexibility index (Phi) is 7.84. The van der Waals surface area contributed by atoms with E-state index in [9.17, 15) is 9.59 Å². The Labute approximate surface area is 190 Å². The average molecular weight is 483 g/mol. The van der Waals surface area contributed by atoms with Gasteiger partial charge in [0.2, 0.25) is 0 Å². The first kappa shape index (κ1) is 22.6. The summed E-state index contributed by atoms with van der Waals surface area (Å²) < 4.78 is 16.8. The topological polar surface area (TPSA) is 61.8 Å². The summed E-state index contributed by atoms with van der Waals surface area (Å²) in [5.74, 6) is 0.180. The molecule has 6 heteroatoms. The minimum atomic E-state index is -0.547. The Balaban J connectivity index is 1.52. The maximum Gasteiger partial charge on any atom is 0.349 e. The van der Waals surface area contributed by atoms with E-state index in [2.05, 4.69) is 15.9 Å². The van der Waals surface area contributed by atoms with Gasteiger partial charge in [0.25, 0.3) is 0 Å². The van der Waals surface area contributed by atoms with Crippen LogP contribution in [0.2, 0.25) is 0 Å². The maximum atomic E-state index is 12.1. The van der Waals surface area contributed by atoms with Crippen LogP contribution < -0.4 is 9.47 Å². The number of benzene rings is 3. The summed E-state index contributed by atoms with van der Waals surface area (Å²) in [5.41, 5.74) is 2.53. The molecule has 0 saturated carbocycles. The Bertz CT molecular complexity index is 1030. The van der Waals surface area contributed by atoms with Crippen LogP contribution in [0.25, 0.3) is 11.1 Å². The number of carbonyl (C=O) groups is 2. The van der Waals surface area contributed by atoms with Crippen molar-refractivity contribution in [3.63, 3.8) is 0 Å². The molecule has 0 unspecified atom stereocenters. The van der Waals surface area contributed by atoms with Crippen molar-refractivity contribution in [2.45, 2.75) is 13.8 Å². The number of carbonyl (C=O) groups excluding carboxylic acids is 2. The van der Waals surface area contributed by atoms with Crippen LogP contribution in [0.3, 0.4) is 0 Å². The van der Waals surface area contributed by atoms with Gasteiger partial charge in [0.05, 0.1) is 16.6 Å². The van der Waals surface area contributed by atoms with Crippen molar-refractivity contribution in [1.82, 2.24) is 0 Å². The zero-order valence-electron chi connectivity index (χ0n) is 17.3. The molecule has 0 radical (unpaired) electrons. The molecule has 0 spiro atoms. The predicted molar refractivity (Wildman–Crippen MR) is 122 cm³/mol. The minimum Gasteiger partial charge on any atom is -0.481 e. The molecule has 0 aliphatic carbocycles. The Hall–Kier alpha value is -3.12. The first-order valence-electron chi connectivity index (χ1n) is 9.88. The summed E-state index contributed by atoms with van der Waals surface area (Å²) in [4.78, 5) is 24.1. The van der Waals surface area contributed by atoms with Gasteiger partial charge in [0, 0.05) is 0 Å². The van der Waals surface area contributed by atoms with Gasteiger partial charge in [-0.1, -0.05) is 50.2 Å². The van der Waals surface area contributed by atoms with Gasteiger partial charge >= 0.3 is 11.9 Å². The molecule has 160 valence electrons. The standard InChI is InChI=1S/C25H23BrO5/c1-17(2)15-30-25(28)19-8-11-21(12-9-19)31-24(27)16-29-23-13-10-20(14-22(23)26)18-6-4-3-5-7-18/h3-14,17H,15-16H2,1-2H3. The van der Waals surface area contributed by atoms with E-state index in [-0.39, 0.29) is 12.5 Å². The van der Waals surface area contributed by atoms with Crippen molar-refractivity contribution in [3.05, 3.63) is 82.8 Å². The van der Waals surface area contributed by atoms with Crippen molar-refractivity contribution < 1.29 is 23.8 Å². The maximum absolute atomic E-state index is 12.1. The molecule has 3 aromatic carbocycles. The fourth-order valence-corrected chi connectivity index (χ4v) is 3.20. The number of halogens is 1. The van der Waals surface area contributed by atoms with Gasteiger partial charge in [-0.2, -0.15) is 0 Å². The third-order valence-corrected chi connectivity index (χ3v) is 4.87. The normalized spacial score (nSPS) is 10.6. The molecular weight excluding hydrogens is 460 g/mol. The third kappa shape index (κ3) is 6.69. The summed E-state index contributed by atoms with van der Waals surface area (Å²) in [6.45, 7) is 4.04. The zero-order chi connectivity index (χ0) is 22.2. The van der Waals surface area contributed by atoms with E-state index in [0.717, 1.165) is 15.6 Å². The molecule has 0 bridgehead atoms. The van der Waals surface area contributed by atoms with Crippen LogP contribution in [0, 0.1) is 5.92 Å². The van der Waals surface area contributed by atoms with E-state index in [1.54, 1.807) is 30.3 Å². The number of hydrogen-bond donors (Lipinski definition) is 0. The smallest absolute Gasteiger partial charge is 0.349 e. The second-order valence-corrected chi connectivity index (χ2v) is 8.14. The van der Waals surface area contributed by atoms with Crippen LogP contribution in [0.1, 0.15) is 24.2 Å². The fourth-order valence-electron chi connectivity index (χ4n) is 2.71. The Morgan fingerprint density at radius 1 is 0.903 bits per heavy atom. The predicted octanol–water partition coefficient (Wildman–Crippen LogP) is 5.91. The lowest BCUT2D eigenvalue weighted by Gasteiger charge is -2.10. The van der Waals surface area contributed by atoms with Crippen molar-refractivity contribution in [2.24, 2.45) is 5.92 Å². The number of esters is 2. The Morgan fingerprint density at radius 3 is 2.26 bits per heavy atom. The van der Waals surface area contributed by atoms with Crippen molar-refractivity contribution in [2.75, 3.05) is 13.2 Å². The highest BCUT2D eigenvalue weighted by atomic mass is 79.9. The lowest BCUT2D eigenvalue weighted by molar-refractivity contribution is -0.136. The van der Waals surface area contributed by atoms with E-state index in [1.165, 1.54) is 0 Å². The van der Waals surface area contributed by atoms with Gasteiger partial charge in [-0.15, -0.1) is 0 Å². The minimum absolute atomic E-state index is 0.249. The molecule has 0 N–H and O–H groups in total. The molecule has 0 aliphatic rings. The molecule has 3 rings (SSSR count). The van der Waals surface area contributed by atoms with E-state index >= 15 is 0 Å². The molecule has 0 heterocycles. The molecule has 3 aromatic rings. The summed E-state index contributed by atoms with van der Waals surface area (Å²) in [5, 5.41) is 0. The summed E-state index contributed by atoms with van der Waals surface area (Å²) >= 11 is 3.48. The number of hydrogen-bond acceptors (Lipinski definition) is 5. The van der Waals surface area contributed by atoms with Crippen LogP contribution in [0.5, 0.6) is 11.5 Å². The van der Waals surface area contributed by atoms with Crippen molar-refractivity contribution >= 4 is 27.9 Å². The average Bonchev–Trinajstić information content (AvgIpc) is 2.77. The zero-order valence-corrected chi connectivity index (χ0v) is 18.9. The molecule has 0 aromatic heterocycles. The van der Waals surface area contributed by atoms with Crippen molar-refractivity contribution in [1.29, 1.82) is 0 Å². The molecule has 0 amide bonds. The van der Waals surface area contributed by atoms with Crippen LogP contribution in [0.4, 0.5) is 0 Å². The summed E-state index contributed by atoms with van der Waals surface area (Å²) in [6.07, 6.45) is 0. The fraction of sp³-hybridized carbons (Fsp3) is 0.200. The van der Waals surface area contributed by atoms with Crippen LogP contribution in [-0.2, 0) is 9.53 Å². The highest BCUT2D eigenvalue weighted by Crippen LogP contribution is 2.30. The van der Waals surface area contributed by atoms with Crippen molar-refractivity contribution in [3.8, 4) is 22.6 Å². The Morgan fingerprint density at radius 2 is 1.61 bits per heavy atom. The van der Waals surface area contributed by atoms with E-state index < -0.39 is 11.9 Å². The lowest BCUT2D eigenvalue weighted by Crippen LogP contribution is -2.18. The van der Waals surface area contributed by atoms with E-state index in [0.29, 0.717) is 23.7 Å². The van der Waals surface area contributed by atoms with E-state index in [4.69, 9.17) is 14.2 Å². The van der Waals surface area contributed by atoms with Gasteiger partial charge in [-0.25, -0.2) is 9.59 Å². The molecule has 31 heavy (non-hydrogen) atoms. The second-order valence-electron chi connectivity index (χ2n) is 7.29. The van der Waals surface area contributed by atoms with Crippen LogP contribution in [0.15, 0.2) is 77.3 Å². The molecular formula is C25H23BrO5. The largest absolute Gasteiger partial charge is 0.481 e. The third-order valence-electron chi connectivity index (χ3n) is 4.25. The number of ether oxygens (including phenoxy) is 3.